The number of likely N-dealkylation sites (N-methyl/N-ethyl adjacent to an activating group) is 1. The molecule has 0 atom stereocenters. The van der Waals surface area contributed by atoms with Gasteiger partial charge in [0.15, 0.2) is 0 Å². The number of aryl methyl sites for hydroxylation is 1. The van der Waals surface area contributed by atoms with Gasteiger partial charge in [-0.1, -0.05) is 0 Å². The first kappa shape index (κ1) is 14.4. The van der Waals surface area contributed by atoms with E-state index < -0.39 is 11.6 Å². The van der Waals surface area contributed by atoms with Gasteiger partial charge in [0, 0.05) is 32.2 Å². The summed E-state index contributed by atoms with van der Waals surface area (Å²) in [5.41, 5.74) is 1.38. The van der Waals surface area contributed by atoms with Crippen molar-refractivity contribution < 1.29 is 8.78 Å². The minimum atomic E-state index is -0.474. The first-order valence-corrected chi connectivity index (χ1v) is 6.91. The standard InChI is InChI=1S/C15H22F2N2/c1-12-13(10-14(16)11-15(12)17)4-3-5-19-8-6-18(2)7-9-19/h10-11H,3-9H2,1-2H3. The average molecular weight is 268 g/mol. The number of rotatable bonds is 4. The summed E-state index contributed by atoms with van der Waals surface area (Å²) in [6.07, 6.45) is 1.69. The van der Waals surface area contributed by atoms with E-state index in [1.165, 1.54) is 6.07 Å². The van der Waals surface area contributed by atoms with Crippen LogP contribution in [-0.2, 0) is 6.42 Å². The zero-order valence-corrected chi connectivity index (χ0v) is 11.8. The topological polar surface area (TPSA) is 6.48 Å². The van der Waals surface area contributed by atoms with Crippen LogP contribution in [0.5, 0.6) is 0 Å². The van der Waals surface area contributed by atoms with Gasteiger partial charge >= 0.3 is 0 Å². The van der Waals surface area contributed by atoms with Crippen molar-refractivity contribution in [3.63, 3.8) is 0 Å². The van der Waals surface area contributed by atoms with E-state index in [1.807, 2.05) is 0 Å². The molecule has 0 radical (unpaired) electrons. The minimum Gasteiger partial charge on any atom is -0.304 e. The van der Waals surface area contributed by atoms with Crippen LogP contribution in [0.4, 0.5) is 8.78 Å². The molecule has 0 amide bonds. The molecule has 19 heavy (non-hydrogen) atoms. The van der Waals surface area contributed by atoms with Crippen molar-refractivity contribution in [3.8, 4) is 0 Å². The third-order valence-corrected chi connectivity index (χ3v) is 3.93. The molecule has 1 fully saturated rings. The van der Waals surface area contributed by atoms with Gasteiger partial charge in [-0.2, -0.15) is 0 Å². The van der Waals surface area contributed by atoms with Crippen molar-refractivity contribution >= 4 is 0 Å². The van der Waals surface area contributed by atoms with Crippen molar-refractivity contribution in [1.82, 2.24) is 9.80 Å². The van der Waals surface area contributed by atoms with Gasteiger partial charge in [-0.05, 0) is 50.6 Å². The van der Waals surface area contributed by atoms with Crippen LogP contribution in [-0.4, -0.2) is 49.6 Å². The van der Waals surface area contributed by atoms with Crippen molar-refractivity contribution in [2.75, 3.05) is 39.8 Å². The lowest BCUT2D eigenvalue weighted by Crippen LogP contribution is -2.44. The summed E-state index contributed by atoms with van der Waals surface area (Å²) >= 11 is 0. The number of benzene rings is 1. The lowest BCUT2D eigenvalue weighted by Gasteiger charge is -2.32. The van der Waals surface area contributed by atoms with Gasteiger partial charge < -0.3 is 9.80 Å². The molecular weight excluding hydrogens is 246 g/mol. The normalized spacial score (nSPS) is 17.9. The average Bonchev–Trinajstić information content (AvgIpc) is 2.37. The van der Waals surface area contributed by atoms with Crippen LogP contribution in [0.3, 0.4) is 0 Å². The fourth-order valence-corrected chi connectivity index (χ4v) is 2.52. The van der Waals surface area contributed by atoms with E-state index in [9.17, 15) is 8.78 Å². The predicted octanol–water partition coefficient (Wildman–Crippen LogP) is 2.45. The first-order chi connectivity index (χ1) is 9.06. The number of hydrogen-bond donors (Lipinski definition) is 0. The molecule has 0 unspecified atom stereocenters. The van der Waals surface area contributed by atoms with Crippen molar-refractivity contribution in [3.05, 3.63) is 34.9 Å². The summed E-state index contributed by atoms with van der Waals surface area (Å²) in [4.78, 5) is 4.74. The Morgan fingerprint density at radius 2 is 1.79 bits per heavy atom. The van der Waals surface area contributed by atoms with Crippen LogP contribution >= 0.6 is 0 Å². The van der Waals surface area contributed by atoms with Crippen LogP contribution in [0.1, 0.15) is 17.5 Å². The SMILES string of the molecule is Cc1c(F)cc(F)cc1CCCN1CCN(C)CC1. The highest BCUT2D eigenvalue weighted by atomic mass is 19.1. The molecule has 0 bridgehead atoms. The van der Waals surface area contributed by atoms with E-state index in [2.05, 4.69) is 16.8 Å². The Morgan fingerprint density at radius 3 is 2.47 bits per heavy atom. The highest BCUT2D eigenvalue weighted by Gasteiger charge is 2.13. The molecule has 1 aliphatic rings. The molecule has 1 saturated heterocycles. The van der Waals surface area contributed by atoms with Gasteiger partial charge in [-0.25, -0.2) is 8.78 Å². The van der Waals surface area contributed by atoms with Gasteiger partial charge in [0.1, 0.15) is 11.6 Å². The van der Waals surface area contributed by atoms with Crippen molar-refractivity contribution in [2.45, 2.75) is 19.8 Å². The van der Waals surface area contributed by atoms with Gasteiger partial charge in [0.2, 0.25) is 0 Å². The highest BCUT2D eigenvalue weighted by Crippen LogP contribution is 2.16. The van der Waals surface area contributed by atoms with E-state index in [0.29, 0.717) is 5.56 Å². The Balaban J connectivity index is 1.83. The fourth-order valence-electron chi connectivity index (χ4n) is 2.52. The predicted molar refractivity (Wildman–Crippen MR) is 73.4 cm³/mol. The quantitative estimate of drug-likeness (QED) is 0.827. The third kappa shape index (κ3) is 3.98. The van der Waals surface area contributed by atoms with Crippen LogP contribution in [0.2, 0.25) is 0 Å². The van der Waals surface area contributed by atoms with E-state index in [0.717, 1.165) is 57.2 Å². The summed E-state index contributed by atoms with van der Waals surface area (Å²) in [6.45, 7) is 7.12. The van der Waals surface area contributed by atoms with Gasteiger partial charge in [-0.3, -0.25) is 0 Å². The second-order valence-electron chi connectivity index (χ2n) is 5.42. The first-order valence-electron chi connectivity index (χ1n) is 6.91. The molecule has 1 aromatic rings. The molecule has 0 spiro atoms. The second-order valence-corrected chi connectivity index (χ2v) is 5.42. The number of nitrogens with zero attached hydrogens (tertiary/aromatic N) is 2. The maximum atomic E-state index is 13.4. The molecule has 4 heteroatoms. The highest BCUT2D eigenvalue weighted by molar-refractivity contribution is 5.28. The van der Waals surface area contributed by atoms with Crippen LogP contribution in [0.15, 0.2) is 12.1 Å². The summed E-state index contributed by atoms with van der Waals surface area (Å²) in [6, 6.07) is 2.42. The van der Waals surface area contributed by atoms with E-state index >= 15 is 0 Å². The van der Waals surface area contributed by atoms with Crippen LogP contribution in [0, 0.1) is 18.6 Å². The molecular formula is C15H22F2N2. The lowest BCUT2D eigenvalue weighted by molar-refractivity contribution is 0.153. The molecule has 0 aliphatic carbocycles. The van der Waals surface area contributed by atoms with E-state index in [-0.39, 0.29) is 0 Å². The lowest BCUT2D eigenvalue weighted by atomic mass is 10.0. The summed E-state index contributed by atoms with van der Waals surface area (Å²) < 4.78 is 26.6. The number of halogens is 2. The van der Waals surface area contributed by atoms with Gasteiger partial charge in [0.25, 0.3) is 0 Å². The van der Waals surface area contributed by atoms with Crippen molar-refractivity contribution in [2.24, 2.45) is 0 Å². The Morgan fingerprint density at radius 1 is 1.11 bits per heavy atom. The monoisotopic (exact) mass is 268 g/mol. The third-order valence-electron chi connectivity index (χ3n) is 3.93. The second kappa shape index (κ2) is 6.44. The molecule has 1 aromatic carbocycles. The molecule has 2 nitrogen and oxygen atoms in total. The van der Waals surface area contributed by atoms with Gasteiger partial charge in [0.05, 0.1) is 0 Å². The fraction of sp³-hybridized carbons (Fsp3) is 0.600. The summed E-state index contributed by atoms with van der Waals surface area (Å²) in [7, 11) is 2.14. The summed E-state index contributed by atoms with van der Waals surface area (Å²) in [5.74, 6) is -0.910. The Kier molecular flexibility index (Phi) is 4.88. The number of piperazine rings is 1. The van der Waals surface area contributed by atoms with E-state index in [4.69, 9.17) is 0 Å². The van der Waals surface area contributed by atoms with E-state index in [1.54, 1.807) is 6.92 Å². The molecule has 1 aliphatic heterocycles. The maximum absolute atomic E-state index is 13.4. The van der Waals surface area contributed by atoms with Crippen LogP contribution < -0.4 is 0 Å². The van der Waals surface area contributed by atoms with Crippen LogP contribution in [0.25, 0.3) is 0 Å². The Labute approximate surface area is 114 Å². The number of hydrogen-bond acceptors (Lipinski definition) is 2. The molecule has 2 rings (SSSR count). The molecule has 0 N–H and O–H groups in total. The molecule has 106 valence electrons. The molecule has 0 aromatic heterocycles. The van der Waals surface area contributed by atoms with Gasteiger partial charge in [-0.15, -0.1) is 0 Å². The summed E-state index contributed by atoms with van der Waals surface area (Å²) in [5, 5.41) is 0. The molecule has 1 heterocycles. The zero-order valence-electron chi connectivity index (χ0n) is 11.8. The largest absolute Gasteiger partial charge is 0.304 e. The smallest absolute Gasteiger partial charge is 0.129 e. The Bertz CT molecular complexity index is 426. The Hall–Kier alpha value is -1.00. The molecule has 0 saturated carbocycles. The van der Waals surface area contributed by atoms with Crippen molar-refractivity contribution in [1.29, 1.82) is 0 Å². The maximum Gasteiger partial charge on any atom is 0.129 e. The minimum absolute atomic E-state index is 0.436. The zero-order chi connectivity index (χ0) is 13.8.